The first kappa shape index (κ1) is 15.2. The topological polar surface area (TPSA) is 68.1 Å². The summed E-state index contributed by atoms with van der Waals surface area (Å²) in [5.74, 6) is -0.277. The van der Waals surface area contributed by atoms with Gasteiger partial charge in [0.2, 0.25) is 0 Å². The Balaban J connectivity index is 2.18. The first-order chi connectivity index (χ1) is 11.0. The zero-order chi connectivity index (χ0) is 16.6. The van der Waals surface area contributed by atoms with E-state index in [9.17, 15) is 14.5 Å². The molecule has 116 valence electrons. The number of fused-ring (bicyclic) bond motifs is 1. The van der Waals surface area contributed by atoms with Crippen LogP contribution in [0.2, 0.25) is 5.02 Å². The van der Waals surface area contributed by atoms with E-state index in [2.05, 4.69) is 10.3 Å². The van der Waals surface area contributed by atoms with Crippen molar-refractivity contribution >= 4 is 39.6 Å². The van der Waals surface area contributed by atoms with Gasteiger partial charge in [0.1, 0.15) is 5.82 Å². The molecule has 0 saturated carbocycles. The van der Waals surface area contributed by atoms with Crippen LogP contribution in [0.5, 0.6) is 0 Å². The van der Waals surface area contributed by atoms with Crippen molar-refractivity contribution in [3.8, 4) is 0 Å². The maximum Gasteiger partial charge on any atom is 0.280 e. The van der Waals surface area contributed by atoms with Crippen LogP contribution in [0.15, 0.2) is 42.6 Å². The van der Waals surface area contributed by atoms with Gasteiger partial charge in [0.15, 0.2) is 5.82 Å². The minimum absolute atomic E-state index is 0.0134. The highest BCUT2D eigenvalue weighted by Gasteiger charge is 2.18. The van der Waals surface area contributed by atoms with Crippen molar-refractivity contribution in [1.82, 2.24) is 4.98 Å². The summed E-state index contributed by atoms with van der Waals surface area (Å²) in [6.45, 7) is 1.67. The zero-order valence-electron chi connectivity index (χ0n) is 12.0. The molecule has 1 N–H and O–H groups in total. The minimum Gasteiger partial charge on any atom is -0.337 e. The summed E-state index contributed by atoms with van der Waals surface area (Å²) in [4.78, 5) is 15.0. The lowest BCUT2D eigenvalue weighted by Crippen LogP contribution is -1.99. The van der Waals surface area contributed by atoms with Crippen LogP contribution in [0.25, 0.3) is 10.8 Å². The van der Waals surface area contributed by atoms with Crippen molar-refractivity contribution < 1.29 is 9.31 Å². The summed E-state index contributed by atoms with van der Waals surface area (Å²) in [6, 6.07) is 9.49. The van der Waals surface area contributed by atoms with E-state index in [1.54, 1.807) is 31.2 Å². The van der Waals surface area contributed by atoms with Gasteiger partial charge in [-0.25, -0.2) is 9.37 Å². The molecule has 0 aliphatic heterocycles. The molecule has 5 nitrogen and oxygen atoms in total. The average molecular weight is 332 g/mol. The largest absolute Gasteiger partial charge is 0.337 e. The van der Waals surface area contributed by atoms with Gasteiger partial charge in [-0.1, -0.05) is 23.7 Å². The van der Waals surface area contributed by atoms with Crippen molar-refractivity contribution in [2.45, 2.75) is 6.92 Å². The number of nitrogens with one attached hydrogen (secondary N) is 1. The summed E-state index contributed by atoms with van der Waals surface area (Å²) < 4.78 is 14.0. The van der Waals surface area contributed by atoms with Crippen molar-refractivity contribution in [1.29, 1.82) is 0 Å². The Morgan fingerprint density at radius 2 is 2.00 bits per heavy atom. The molecule has 3 aromatic rings. The predicted molar refractivity (Wildman–Crippen MR) is 87.8 cm³/mol. The van der Waals surface area contributed by atoms with E-state index in [0.29, 0.717) is 22.2 Å². The number of benzene rings is 2. The Kier molecular flexibility index (Phi) is 3.83. The van der Waals surface area contributed by atoms with Crippen LogP contribution < -0.4 is 5.32 Å². The molecule has 0 saturated heterocycles. The molecule has 0 amide bonds. The van der Waals surface area contributed by atoms with Crippen molar-refractivity contribution in [3.05, 3.63) is 69.1 Å². The number of aryl methyl sites for hydroxylation is 1. The fraction of sp³-hybridized carbons (Fsp3) is 0.0625. The van der Waals surface area contributed by atoms with Crippen LogP contribution in [0.4, 0.5) is 21.6 Å². The second-order valence-corrected chi connectivity index (χ2v) is 5.38. The van der Waals surface area contributed by atoms with E-state index in [1.165, 1.54) is 18.3 Å². The molecule has 1 aromatic heterocycles. The summed E-state index contributed by atoms with van der Waals surface area (Å²) in [6.07, 6.45) is 1.44. The van der Waals surface area contributed by atoms with Crippen LogP contribution in [0, 0.1) is 22.9 Å². The van der Waals surface area contributed by atoms with Gasteiger partial charge in [0, 0.05) is 17.1 Å². The highest BCUT2D eigenvalue weighted by Crippen LogP contribution is 2.34. The number of nitro groups is 1. The van der Waals surface area contributed by atoms with E-state index >= 15 is 0 Å². The third-order valence-corrected chi connectivity index (χ3v) is 3.80. The fourth-order valence-corrected chi connectivity index (χ4v) is 2.59. The number of aromatic nitrogens is 1. The first-order valence-corrected chi connectivity index (χ1v) is 7.10. The van der Waals surface area contributed by atoms with Crippen LogP contribution in [0.3, 0.4) is 0 Å². The van der Waals surface area contributed by atoms with Gasteiger partial charge >= 0.3 is 0 Å². The molecule has 0 spiro atoms. The second-order valence-electron chi connectivity index (χ2n) is 4.97. The Morgan fingerprint density at radius 1 is 1.22 bits per heavy atom. The smallest absolute Gasteiger partial charge is 0.280 e. The number of pyridine rings is 1. The predicted octanol–water partition coefficient (Wildman–Crippen LogP) is 4.99. The van der Waals surface area contributed by atoms with E-state index < -0.39 is 10.7 Å². The van der Waals surface area contributed by atoms with Crippen LogP contribution in [0.1, 0.15) is 5.56 Å². The molecule has 0 radical (unpaired) electrons. The van der Waals surface area contributed by atoms with E-state index in [0.717, 1.165) is 0 Å². The first-order valence-electron chi connectivity index (χ1n) is 6.73. The Morgan fingerprint density at radius 3 is 2.74 bits per heavy atom. The third-order valence-electron chi connectivity index (χ3n) is 3.51. The van der Waals surface area contributed by atoms with Crippen molar-refractivity contribution in [3.63, 3.8) is 0 Å². The van der Waals surface area contributed by atoms with Crippen LogP contribution in [-0.2, 0) is 0 Å². The van der Waals surface area contributed by atoms with Gasteiger partial charge in [-0.2, -0.15) is 0 Å². The van der Waals surface area contributed by atoms with E-state index in [4.69, 9.17) is 11.6 Å². The molecule has 23 heavy (non-hydrogen) atoms. The molecule has 2 aromatic carbocycles. The summed E-state index contributed by atoms with van der Waals surface area (Å²) in [5.41, 5.74) is 0.717. The molecule has 0 fully saturated rings. The molecule has 1 heterocycles. The number of anilines is 2. The number of rotatable bonds is 3. The molecular weight excluding hydrogens is 321 g/mol. The molecule has 3 rings (SSSR count). The van der Waals surface area contributed by atoms with Gasteiger partial charge in [-0.3, -0.25) is 10.1 Å². The standard InChI is InChI=1S/C16H11ClFN3O2/c1-9-5-6-11-10(15(9)21(22)23)7-8-19-16(11)20-13-4-2-3-12(17)14(13)18/h2-8H,1H3,(H,19,20). The number of nitro benzene ring substituents is 1. The average Bonchev–Trinajstić information content (AvgIpc) is 2.51. The molecule has 0 aliphatic carbocycles. The van der Waals surface area contributed by atoms with Gasteiger partial charge < -0.3 is 5.32 Å². The Bertz CT molecular complexity index is 931. The Labute approximate surface area is 135 Å². The van der Waals surface area contributed by atoms with Crippen LogP contribution >= 0.6 is 11.6 Å². The quantitative estimate of drug-likeness (QED) is 0.542. The SMILES string of the molecule is Cc1ccc2c(Nc3cccc(Cl)c3F)nccc2c1[N+](=O)[O-]. The summed E-state index contributed by atoms with van der Waals surface area (Å²) >= 11 is 5.76. The molecule has 0 bridgehead atoms. The number of nitrogens with zero attached hydrogens (tertiary/aromatic N) is 2. The van der Waals surface area contributed by atoms with Gasteiger partial charge in [0.25, 0.3) is 5.69 Å². The second kappa shape index (κ2) is 5.81. The molecule has 0 atom stereocenters. The lowest BCUT2D eigenvalue weighted by molar-refractivity contribution is -0.383. The fourth-order valence-electron chi connectivity index (χ4n) is 2.42. The monoisotopic (exact) mass is 331 g/mol. The molecule has 7 heteroatoms. The highest BCUT2D eigenvalue weighted by molar-refractivity contribution is 6.31. The zero-order valence-corrected chi connectivity index (χ0v) is 12.8. The van der Waals surface area contributed by atoms with E-state index in [-0.39, 0.29) is 16.4 Å². The van der Waals surface area contributed by atoms with Gasteiger partial charge in [-0.05, 0) is 31.2 Å². The van der Waals surface area contributed by atoms with Gasteiger partial charge in [0.05, 0.1) is 21.0 Å². The van der Waals surface area contributed by atoms with Crippen molar-refractivity contribution in [2.24, 2.45) is 0 Å². The Hall–Kier alpha value is -2.73. The number of hydrogen-bond acceptors (Lipinski definition) is 4. The van der Waals surface area contributed by atoms with Crippen LogP contribution in [-0.4, -0.2) is 9.91 Å². The number of hydrogen-bond donors (Lipinski definition) is 1. The molecular formula is C16H11ClFN3O2. The van der Waals surface area contributed by atoms with Gasteiger partial charge in [-0.15, -0.1) is 0 Å². The maximum atomic E-state index is 14.0. The lowest BCUT2D eigenvalue weighted by Gasteiger charge is -2.11. The number of halogens is 2. The normalized spacial score (nSPS) is 10.7. The maximum absolute atomic E-state index is 14.0. The minimum atomic E-state index is -0.602. The lowest BCUT2D eigenvalue weighted by atomic mass is 10.1. The summed E-state index contributed by atoms with van der Waals surface area (Å²) in [7, 11) is 0. The summed E-state index contributed by atoms with van der Waals surface area (Å²) in [5, 5.41) is 15.1. The third kappa shape index (κ3) is 2.68. The molecule has 0 unspecified atom stereocenters. The van der Waals surface area contributed by atoms with Crippen molar-refractivity contribution in [2.75, 3.05) is 5.32 Å². The van der Waals surface area contributed by atoms with E-state index in [1.807, 2.05) is 0 Å². The highest BCUT2D eigenvalue weighted by atomic mass is 35.5. The molecule has 0 aliphatic rings.